The van der Waals surface area contributed by atoms with E-state index in [1.807, 2.05) is 0 Å². The molecule has 0 aliphatic carbocycles. The van der Waals surface area contributed by atoms with Crippen LogP contribution in [-0.4, -0.2) is 48.6 Å². The molecule has 0 heterocycles. The van der Waals surface area contributed by atoms with E-state index < -0.39 is 30.0 Å². The van der Waals surface area contributed by atoms with Crippen molar-refractivity contribution in [3.63, 3.8) is 0 Å². The van der Waals surface area contributed by atoms with Gasteiger partial charge in [0.25, 0.3) is 0 Å². The maximum absolute atomic E-state index is 12.4. The highest BCUT2D eigenvalue weighted by Gasteiger charge is 2.31. The Bertz CT molecular complexity index is 675. The summed E-state index contributed by atoms with van der Waals surface area (Å²) in [5.41, 5.74) is 0.248. The molecule has 10 heteroatoms. The van der Waals surface area contributed by atoms with Gasteiger partial charge in [-0.2, -0.15) is 0 Å². The van der Waals surface area contributed by atoms with Crippen LogP contribution in [0.3, 0.4) is 0 Å². The summed E-state index contributed by atoms with van der Waals surface area (Å²) in [7, 11) is 1.42. The molecule has 2 N–H and O–H groups in total. The predicted octanol–water partition coefficient (Wildman–Crippen LogP) is 2.14. The van der Waals surface area contributed by atoms with Crippen molar-refractivity contribution < 1.29 is 32.3 Å². The van der Waals surface area contributed by atoms with E-state index in [0.29, 0.717) is 0 Å². The molecule has 150 valence electrons. The van der Waals surface area contributed by atoms with Gasteiger partial charge in [0.1, 0.15) is 11.8 Å². The van der Waals surface area contributed by atoms with E-state index in [0.717, 1.165) is 17.0 Å². The van der Waals surface area contributed by atoms with Gasteiger partial charge < -0.3 is 20.3 Å². The van der Waals surface area contributed by atoms with Crippen LogP contribution in [0.25, 0.3) is 0 Å². The minimum atomic E-state index is -4.80. The molecule has 0 bridgehead atoms. The smallest absolute Gasteiger partial charge is 0.406 e. The van der Waals surface area contributed by atoms with Gasteiger partial charge in [-0.05, 0) is 30.2 Å². The quantitative estimate of drug-likeness (QED) is 0.748. The highest BCUT2D eigenvalue weighted by molar-refractivity contribution is 5.95. The number of carbonyl (C=O) groups is 3. The molecule has 0 aromatic heterocycles. The number of hydrogen-bond acceptors (Lipinski definition) is 4. The first kappa shape index (κ1) is 22.3. The average molecular weight is 389 g/mol. The summed E-state index contributed by atoms with van der Waals surface area (Å²) in [5.74, 6) is -1.91. The van der Waals surface area contributed by atoms with E-state index in [2.05, 4.69) is 15.4 Å². The molecule has 3 amide bonds. The predicted molar refractivity (Wildman–Crippen MR) is 91.8 cm³/mol. The number of nitrogens with zero attached hydrogens (tertiary/aromatic N) is 1. The molecule has 0 fully saturated rings. The first-order valence-corrected chi connectivity index (χ1v) is 8.06. The van der Waals surface area contributed by atoms with Crippen molar-refractivity contribution >= 4 is 23.4 Å². The Morgan fingerprint density at radius 2 is 1.70 bits per heavy atom. The molecule has 0 aliphatic heterocycles. The number of nitrogens with one attached hydrogen (secondary N) is 2. The summed E-state index contributed by atoms with van der Waals surface area (Å²) in [5, 5.41) is 5.01. The van der Waals surface area contributed by atoms with E-state index in [9.17, 15) is 27.6 Å². The van der Waals surface area contributed by atoms with Crippen LogP contribution in [0, 0.1) is 5.92 Å². The molecule has 1 aromatic rings. The van der Waals surface area contributed by atoms with Crippen molar-refractivity contribution in [2.45, 2.75) is 33.2 Å². The van der Waals surface area contributed by atoms with Gasteiger partial charge in [-0.1, -0.05) is 13.8 Å². The first-order chi connectivity index (χ1) is 12.4. The lowest BCUT2D eigenvalue weighted by Crippen LogP contribution is -2.51. The lowest BCUT2D eigenvalue weighted by Gasteiger charge is -2.26. The lowest BCUT2D eigenvalue weighted by atomic mass is 10.0. The van der Waals surface area contributed by atoms with Gasteiger partial charge in [0.05, 0.1) is 6.54 Å². The van der Waals surface area contributed by atoms with Crippen LogP contribution in [0.15, 0.2) is 24.3 Å². The van der Waals surface area contributed by atoms with Gasteiger partial charge in [0, 0.05) is 19.7 Å². The Balaban J connectivity index is 2.65. The second kappa shape index (κ2) is 9.24. The van der Waals surface area contributed by atoms with E-state index in [1.165, 1.54) is 26.1 Å². The molecule has 27 heavy (non-hydrogen) atoms. The normalized spacial score (nSPS) is 12.3. The van der Waals surface area contributed by atoms with Gasteiger partial charge in [-0.25, -0.2) is 0 Å². The molecule has 0 unspecified atom stereocenters. The summed E-state index contributed by atoms with van der Waals surface area (Å²) in [6, 6.07) is 3.84. The third kappa shape index (κ3) is 7.97. The van der Waals surface area contributed by atoms with Crippen molar-refractivity contribution in [2.24, 2.45) is 5.92 Å². The highest BCUT2D eigenvalue weighted by Crippen LogP contribution is 2.23. The van der Waals surface area contributed by atoms with E-state index >= 15 is 0 Å². The number of halogens is 3. The Hall–Kier alpha value is -2.78. The molecular formula is C17H22F3N3O4. The SMILES string of the molecule is CC(=O)N[C@@H](C(=O)N(C)CC(=O)Nc1ccc(OC(F)(F)F)cc1)C(C)C. The van der Waals surface area contributed by atoms with Crippen molar-refractivity contribution in [3.8, 4) is 5.75 Å². The first-order valence-electron chi connectivity index (χ1n) is 8.06. The molecule has 7 nitrogen and oxygen atoms in total. The Morgan fingerprint density at radius 3 is 2.15 bits per heavy atom. The van der Waals surface area contributed by atoms with Crippen LogP contribution in [0.5, 0.6) is 5.75 Å². The van der Waals surface area contributed by atoms with E-state index in [1.54, 1.807) is 13.8 Å². The van der Waals surface area contributed by atoms with E-state index in [-0.39, 0.29) is 24.1 Å². The lowest BCUT2D eigenvalue weighted by molar-refractivity contribution is -0.274. The molecule has 0 spiro atoms. The molecular weight excluding hydrogens is 367 g/mol. The van der Waals surface area contributed by atoms with Crippen LogP contribution in [0.2, 0.25) is 0 Å². The highest BCUT2D eigenvalue weighted by atomic mass is 19.4. The van der Waals surface area contributed by atoms with E-state index in [4.69, 9.17) is 0 Å². The van der Waals surface area contributed by atoms with Gasteiger partial charge in [-0.3, -0.25) is 14.4 Å². The minimum absolute atomic E-state index is 0.173. The maximum Gasteiger partial charge on any atom is 0.573 e. The summed E-state index contributed by atoms with van der Waals surface area (Å²) >= 11 is 0. The third-order valence-electron chi connectivity index (χ3n) is 3.42. The van der Waals surface area contributed by atoms with Crippen LogP contribution < -0.4 is 15.4 Å². The zero-order valence-electron chi connectivity index (χ0n) is 15.4. The van der Waals surface area contributed by atoms with Crippen molar-refractivity contribution in [2.75, 3.05) is 18.9 Å². The fraction of sp³-hybridized carbons (Fsp3) is 0.471. The fourth-order valence-corrected chi connectivity index (χ4v) is 2.20. The van der Waals surface area contributed by atoms with Gasteiger partial charge in [0.15, 0.2) is 0 Å². The third-order valence-corrected chi connectivity index (χ3v) is 3.42. The maximum atomic E-state index is 12.4. The summed E-state index contributed by atoms with van der Waals surface area (Å²) in [4.78, 5) is 36.8. The molecule has 0 saturated carbocycles. The van der Waals surface area contributed by atoms with Crippen molar-refractivity contribution in [1.29, 1.82) is 0 Å². The Labute approximate surface area is 154 Å². The molecule has 0 radical (unpaired) electrons. The van der Waals surface area contributed by atoms with Crippen molar-refractivity contribution in [3.05, 3.63) is 24.3 Å². The number of ether oxygens (including phenoxy) is 1. The molecule has 0 aliphatic rings. The summed E-state index contributed by atoms with van der Waals surface area (Å²) in [6.07, 6.45) is -4.80. The molecule has 1 rings (SSSR count). The van der Waals surface area contributed by atoms with Gasteiger partial charge in [0.2, 0.25) is 17.7 Å². The number of anilines is 1. The summed E-state index contributed by atoms with van der Waals surface area (Å²) in [6.45, 7) is 4.53. The Morgan fingerprint density at radius 1 is 1.15 bits per heavy atom. The topological polar surface area (TPSA) is 87.7 Å². The van der Waals surface area contributed by atoms with Crippen LogP contribution in [0.4, 0.5) is 18.9 Å². The number of hydrogen-bond donors (Lipinski definition) is 2. The molecule has 0 saturated heterocycles. The largest absolute Gasteiger partial charge is 0.573 e. The monoisotopic (exact) mass is 389 g/mol. The van der Waals surface area contributed by atoms with Crippen LogP contribution in [0.1, 0.15) is 20.8 Å². The number of amides is 3. The van der Waals surface area contributed by atoms with Crippen LogP contribution >= 0.6 is 0 Å². The average Bonchev–Trinajstić information content (AvgIpc) is 2.51. The summed E-state index contributed by atoms with van der Waals surface area (Å²) < 4.78 is 40.1. The number of benzene rings is 1. The zero-order valence-corrected chi connectivity index (χ0v) is 15.4. The van der Waals surface area contributed by atoms with Gasteiger partial charge in [-0.15, -0.1) is 13.2 Å². The fourth-order valence-electron chi connectivity index (χ4n) is 2.20. The van der Waals surface area contributed by atoms with Crippen molar-refractivity contribution in [1.82, 2.24) is 10.2 Å². The number of likely N-dealkylation sites (N-methyl/N-ethyl adjacent to an activating group) is 1. The zero-order chi connectivity index (χ0) is 20.8. The molecule has 1 aromatic carbocycles. The second-order valence-electron chi connectivity index (χ2n) is 6.24. The Kier molecular flexibility index (Phi) is 7.62. The standard InChI is InChI=1S/C17H22F3N3O4/c1-10(2)15(21-11(3)24)16(26)23(4)9-14(25)22-12-5-7-13(8-6-12)27-17(18,19)20/h5-8,10,15H,9H2,1-4H3,(H,21,24)(H,22,25)/t15-/m1/s1. The number of carbonyl (C=O) groups excluding carboxylic acids is 3. The minimum Gasteiger partial charge on any atom is -0.406 e. The second-order valence-corrected chi connectivity index (χ2v) is 6.24. The van der Waals surface area contributed by atoms with Gasteiger partial charge >= 0.3 is 6.36 Å². The van der Waals surface area contributed by atoms with Crippen LogP contribution in [-0.2, 0) is 14.4 Å². The number of alkyl halides is 3. The number of rotatable bonds is 7. The molecule has 1 atom stereocenters.